The fraction of sp³-hybridized carbons (Fsp3) is 0.667. The lowest BCUT2D eigenvalue weighted by Crippen LogP contribution is -2.46. The van der Waals surface area contributed by atoms with Gasteiger partial charge in [-0.1, -0.05) is 5.16 Å². The van der Waals surface area contributed by atoms with E-state index in [1.165, 1.54) is 6.92 Å². The third-order valence-electron chi connectivity index (χ3n) is 2.88. The SMILES string of the molecule is Cc1noc(C)c1C(C)NC(C)C(=O)NCC(F)(F)F. The predicted octanol–water partition coefficient (Wildman–Crippen LogP) is 2.01. The van der Waals surface area contributed by atoms with Crippen molar-refractivity contribution < 1.29 is 22.5 Å². The number of rotatable bonds is 5. The molecule has 0 saturated heterocycles. The molecule has 0 radical (unpaired) electrons. The highest BCUT2D eigenvalue weighted by Gasteiger charge is 2.29. The molecule has 0 bridgehead atoms. The molecular formula is C12H18F3N3O2. The second-order valence-electron chi connectivity index (χ2n) is 4.68. The molecule has 5 nitrogen and oxygen atoms in total. The van der Waals surface area contributed by atoms with E-state index in [0.717, 1.165) is 5.56 Å². The zero-order valence-electron chi connectivity index (χ0n) is 11.8. The third kappa shape index (κ3) is 4.52. The topological polar surface area (TPSA) is 67.2 Å². The summed E-state index contributed by atoms with van der Waals surface area (Å²) < 4.78 is 41.1. The van der Waals surface area contributed by atoms with Crippen molar-refractivity contribution in [1.82, 2.24) is 15.8 Å². The highest BCUT2D eigenvalue weighted by atomic mass is 19.4. The summed E-state index contributed by atoms with van der Waals surface area (Å²) in [5.74, 6) is -0.0914. The lowest BCUT2D eigenvalue weighted by atomic mass is 10.1. The van der Waals surface area contributed by atoms with Crippen LogP contribution in [0.5, 0.6) is 0 Å². The Morgan fingerprint density at radius 2 is 1.95 bits per heavy atom. The van der Waals surface area contributed by atoms with Gasteiger partial charge < -0.3 is 9.84 Å². The molecule has 0 saturated carbocycles. The average molecular weight is 293 g/mol. The zero-order valence-corrected chi connectivity index (χ0v) is 11.8. The Kier molecular flexibility index (Phi) is 5.15. The van der Waals surface area contributed by atoms with E-state index in [9.17, 15) is 18.0 Å². The van der Waals surface area contributed by atoms with Crippen molar-refractivity contribution in [3.05, 3.63) is 17.0 Å². The molecule has 1 rings (SSSR count). The van der Waals surface area contributed by atoms with E-state index in [1.54, 1.807) is 20.8 Å². The Labute approximate surface area is 114 Å². The Hall–Kier alpha value is -1.57. The lowest BCUT2D eigenvalue weighted by Gasteiger charge is -2.20. The molecule has 20 heavy (non-hydrogen) atoms. The average Bonchev–Trinajstić information content (AvgIpc) is 2.64. The van der Waals surface area contributed by atoms with Gasteiger partial charge in [0.1, 0.15) is 12.3 Å². The normalized spacial score (nSPS) is 14.9. The fourth-order valence-electron chi connectivity index (χ4n) is 1.98. The number of hydrogen-bond acceptors (Lipinski definition) is 4. The van der Waals surface area contributed by atoms with Gasteiger partial charge in [-0.2, -0.15) is 13.2 Å². The van der Waals surface area contributed by atoms with Crippen molar-refractivity contribution in [2.75, 3.05) is 6.54 Å². The van der Waals surface area contributed by atoms with Gasteiger partial charge >= 0.3 is 6.18 Å². The molecule has 2 atom stereocenters. The van der Waals surface area contributed by atoms with Crippen LogP contribution in [0, 0.1) is 13.8 Å². The molecule has 1 heterocycles. The maximum atomic E-state index is 12.0. The van der Waals surface area contributed by atoms with Gasteiger partial charge in [0.25, 0.3) is 0 Å². The molecule has 0 aliphatic rings. The minimum absolute atomic E-state index is 0.257. The van der Waals surface area contributed by atoms with Crippen molar-refractivity contribution in [3.63, 3.8) is 0 Å². The van der Waals surface area contributed by atoms with Gasteiger partial charge in [-0.15, -0.1) is 0 Å². The Balaban J connectivity index is 2.57. The summed E-state index contributed by atoms with van der Waals surface area (Å²) in [5.41, 5.74) is 1.49. The Bertz CT molecular complexity index is 452. The first-order chi connectivity index (χ1) is 9.11. The molecule has 0 aliphatic heterocycles. The van der Waals surface area contributed by atoms with E-state index >= 15 is 0 Å². The fourth-order valence-corrected chi connectivity index (χ4v) is 1.98. The monoisotopic (exact) mass is 293 g/mol. The number of aryl methyl sites for hydroxylation is 2. The number of nitrogens with one attached hydrogen (secondary N) is 2. The molecular weight excluding hydrogens is 275 g/mol. The first-order valence-electron chi connectivity index (χ1n) is 6.15. The van der Waals surface area contributed by atoms with Crippen LogP contribution >= 0.6 is 0 Å². The van der Waals surface area contributed by atoms with E-state index in [2.05, 4.69) is 10.5 Å². The van der Waals surface area contributed by atoms with Gasteiger partial charge in [0.15, 0.2) is 0 Å². The van der Waals surface area contributed by atoms with Crippen LogP contribution < -0.4 is 10.6 Å². The molecule has 1 aromatic heterocycles. The first kappa shape index (κ1) is 16.5. The maximum absolute atomic E-state index is 12.0. The summed E-state index contributed by atoms with van der Waals surface area (Å²) in [6.07, 6.45) is -4.41. The van der Waals surface area contributed by atoms with Crippen LogP contribution in [-0.2, 0) is 4.79 Å². The molecule has 1 amide bonds. The quantitative estimate of drug-likeness (QED) is 0.871. The molecule has 0 spiro atoms. The van der Waals surface area contributed by atoms with Crippen LogP contribution in [0.2, 0.25) is 0 Å². The zero-order chi connectivity index (χ0) is 15.5. The summed E-state index contributed by atoms with van der Waals surface area (Å²) in [4.78, 5) is 11.6. The smallest absolute Gasteiger partial charge is 0.361 e. The third-order valence-corrected chi connectivity index (χ3v) is 2.88. The standard InChI is InChI=1S/C12H18F3N3O2/c1-6(10-7(2)18-20-9(10)4)17-8(3)11(19)16-5-12(13,14)15/h6,8,17H,5H2,1-4H3,(H,16,19). The number of amides is 1. The number of halogens is 3. The first-order valence-corrected chi connectivity index (χ1v) is 6.15. The van der Waals surface area contributed by atoms with Crippen molar-refractivity contribution in [2.24, 2.45) is 0 Å². The molecule has 0 aromatic carbocycles. The van der Waals surface area contributed by atoms with Gasteiger partial charge in [0.2, 0.25) is 5.91 Å². The summed E-state index contributed by atoms with van der Waals surface area (Å²) in [7, 11) is 0. The van der Waals surface area contributed by atoms with Gasteiger partial charge in [-0.25, -0.2) is 0 Å². The van der Waals surface area contributed by atoms with Crippen molar-refractivity contribution in [2.45, 2.75) is 46.0 Å². The molecule has 8 heteroatoms. The second kappa shape index (κ2) is 6.25. The van der Waals surface area contributed by atoms with Crippen LogP contribution in [0.4, 0.5) is 13.2 Å². The lowest BCUT2D eigenvalue weighted by molar-refractivity contribution is -0.139. The van der Waals surface area contributed by atoms with E-state index in [4.69, 9.17) is 4.52 Å². The number of aromatic nitrogens is 1. The number of carbonyl (C=O) groups excluding carboxylic acids is 1. The van der Waals surface area contributed by atoms with Crippen LogP contribution in [0.3, 0.4) is 0 Å². The molecule has 2 N–H and O–H groups in total. The minimum atomic E-state index is -4.41. The van der Waals surface area contributed by atoms with Gasteiger partial charge in [0.05, 0.1) is 11.7 Å². The van der Waals surface area contributed by atoms with Crippen molar-refractivity contribution in [1.29, 1.82) is 0 Å². The highest BCUT2D eigenvalue weighted by Crippen LogP contribution is 2.21. The maximum Gasteiger partial charge on any atom is 0.405 e. The summed E-state index contributed by atoms with van der Waals surface area (Å²) in [6, 6.07) is -1.02. The van der Waals surface area contributed by atoms with Crippen LogP contribution in [0.25, 0.3) is 0 Å². The highest BCUT2D eigenvalue weighted by molar-refractivity contribution is 5.81. The van der Waals surface area contributed by atoms with E-state index in [-0.39, 0.29) is 6.04 Å². The number of carbonyl (C=O) groups is 1. The number of hydrogen-bond donors (Lipinski definition) is 2. The summed E-state index contributed by atoms with van der Waals surface area (Å²) >= 11 is 0. The van der Waals surface area contributed by atoms with Gasteiger partial charge in [0, 0.05) is 11.6 Å². The second-order valence-corrected chi connectivity index (χ2v) is 4.68. The molecule has 2 unspecified atom stereocenters. The molecule has 114 valence electrons. The number of nitrogens with zero attached hydrogens (tertiary/aromatic N) is 1. The van der Waals surface area contributed by atoms with E-state index in [1.807, 2.05) is 5.32 Å². The summed E-state index contributed by atoms with van der Waals surface area (Å²) in [6.45, 7) is 5.46. The van der Waals surface area contributed by atoms with Gasteiger partial charge in [-0.3, -0.25) is 10.1 Å². The van der Waals surface area contributed by atoms with E-state index < -0.39 is 24.7 Å². The molecule has 1 aromatic rings. The number of alkyl halides is 3. The Morgan fingerprint density at radius 1 is 1.35 bits per heavy atom. The van der Waals surface area contributed by atoms with E-state index in [0.29, 0.717) is 11.5 Å². The van der Waals surface area contributed by atoms with Gasteiger partial charge in [-0.05, 0) is 27.7 Å². The van der Waals surface area contributed by atoms with Crippen LogP contribution in [0.15, 0.2) is 4.52 Å². The largest absolute Gasteiger partial charge is 0.405 e. The Morgan fingerprint density at radius 3 is 2.40 bits per heavy atom. The van der Waals surface area contributed by atoms with Crippen LogP contribution in [0.1, 0.15) is 36.9 Å². The van der Waals surface area contributed by atoms with Crippen molar-refractivity contribution in [3.8, 4) is 0 Å². The van der Waals surface area contributed by atoms with Crippen LogP contribution in [-0.4, -0.2) is 29.8 Å². The minimum Gasteiger partial charge on any atom is -0.361 e. The predicted molar refractivity (Wildman–Crippen MR) is 66.1 cm³/mol. The molecule has 0 aliphatic carbocycles. The molecule has 0 fully saturated rings. The summed E-state index contributed by atoms with van der Waals surface area (Å²) in [5, 5.41) is 8.55. The van der Waals surface area contributed by atoms with Crippen molar-refractivity contribution >= 4 is 5.91 Å².